The van der Waals surface area contributed by atoms with Gasteiger partial charge in [0.05, 0.1) is 5.52 Å². The normalized spacial score (nSPS) is 12.1. The molecule has 0 atom stereocenters. The zero-order valence-corrected chi connectivity index (χ0v) is 17.1. The van der Waals surface area contributed by atoms with Gasteiger partial charge in [-0.15, -0.1) is 0 Å². The van der Waals surface area contributed by atoms with Crippen molar-refractivity contribution < 1.29 is 9.53 Å². The number of esters is 1. The lowest BCUT2D eigenvalue weighted by atomic mass is 10.1. The van der Waals surface area contributed by atoms with E-state index in [4.69, 9.17) is 4.74 Å². The third kappa shape index (κ3) is 4.24. The van der Waals surface area contributed by atoms with Gasteiger partial charge in [-0.2, -0.15) is 0 Å². The van der Waals surface area contributed by atoms with Gasteiger partial charge in [0.2, 0.25) is 0 Å². The van der Waals surface area contributed by atoms with Crippen LogP contribution in [0.3, 0.4) is 0 Å². The van der Waals surface area contributed by atoms with Crippen molar-refractivity contribution in [1.82, 2.24) is 4.57 Å². The number of carbonyl (C=O) groups is 1. The van der Waals surface area contributed by atoms with Crippen molar-refractivity contribution in [2.75, 3.05) is 0 Å². The number of nitrogens with zero attached hydrogens (tertiary/aromatic N) is 1. The number of ether oxygens (including phenoxy) is 1. The first-order valence-corrected chi connectivity index (χ1v) is 9.87. The van der Waals surface area contributed by atoms with E-state index >= 15 is 0 Å². The minimum Gasteiger partial charge on any atom is -0.457 e. The Balaban J connectivity index is 1.84. The van der Waals surface area contributed by atoms with E-state index in [0.29, 0.717) is 0 Å². The highest BCUT2D eigenvalue weighted by molar-refractivity contribution is 6.07. The number of aromatic nitrogens is 1. The van der Waals surface area contributed by atoms with E-state index in [2.05, 4.69) is 71.3 Å². The second-order valence-electron chi connectivity index (χ2n) is 8.23. The maximum absolute atomic E-state index is 12.2. The summed E-state index contributed by atoms with van der Waals surface area (Å²) in [6.07, 6.45) is 3.37. The van der Waals surface area contributed by atoms with Gasteiger partial charge in [-0.1, -0.05) is 66.7 Å². The fourth-order valence-corrected chi connectivity index (χ4v) is 3.62. The summed E-state index contributed by atoms with van der Waals surface area (Å²) in [6, 6.07) is 25.2. The Kier molecular flexibility index (Phi) is 4.98. The van der Waals surface area contributed by atoms with Crippen LogP contribution in [0.2, 0.25) is 0 Å². The van der Waals surface area contributed by atoms with Crippen LogP contribution in [-0.2, 0) is 16.1 Å². The molecule has 1 aromatic heterocycles. The van der Waals surface area contributed by atoms with E-state index in [1.165, 1.54) is 27.9 Å². The summed E-state index contributed by atoms with van der Waals surface area (Å²) in [5.74, 6) is -0.334. The van der Waals surface area contributed by atoms with Crippen LogP contribution in [-0.4, -0.2) is 16.1 Å². The van der Waals surface area contributed by atoms with Crippen molar-refractivity contribution in [3.63, 3.8) is 0 Å². The van der Waals surface area contributed by atoms with Gasteiger partial charge in [0.1, 0.15) is 5.60 Å². The quantitative estimate of drug-likeness (QED) is 0.310. The molecular formula is C26H25NO2. The molecule has 0 aliphatic heterocycles. The molecule has 3 heteroatoms. The first-order valence-electron chi connectivity index (χ1n) is 9.87. The zero-order valence-electron chi connectivity index (χ0n) is 17.1. The molecule has 0 unspecified atom stereocenters. The molecule has 1 heterocycles. The number of hydrogen-bond acceptors (Lipinski definition) is 2. The molecule has 29 heavy (non-hydrogen) atoms. The smallest absolute Gasteiger partial charge is 0.331 e. The van der Waals surface area contributed by atoms with E-state index in [1.807, 2.05) is 32.9 Å². The molecule has 0 amide bonds. The van der Waals surface area contributed by atoms with Crippen molar-refractivity contribution in [3.05, 3.63) is 90.1 Å². The number of hydrogen-bond donors (Lipinski definition) is 0. The van der Waals surface area contributed by atoms with E-state index in [1.54, 1.807) is 0 Å². The first-order chi connectivity index (χ1) is 13.9. The van der Waals surface area contributed by atoms with Crippen LogP contribution >= 0.6 is 0 Å². The second kappa shape index (κ2) is 7.59. The molecule has 3 aromatic carbocycles. The van der Waals surface area contributed by atoms with Crippen LogP contribution in [0, 0.1) is 0 Å². The average Bonchev–Trinajstić information content (AvgIpc) is 3.04. The summed E-state index contributed by atoms with van der Waals surface area (Å²) < 4.78 is 7.70. The van der Waals surface area contributed by atoms with Gasteiger partial charge in [0, 0.05) is 29.1 Å². The average molecular weight is 383 g/mol. The van der Waals surface area contributed by atoms with Crippen LogP contribution in [0.4, 0.5) is 0 Å². The lowest BCUT2D eigenvalue weighted by Gasteiger charge is -2.18. The van der Waals surface area contributed by atoms with Crippen LogP contribution < -0.4 is 0 Å². The molecular weight excluding hydrogens is 358 g/mol. The molecule has 0 N–H and O–H groups in total. The molecule has 0 fully saturated rings. The van der Waals surface area contributed by atoms with E-state index < -0.39 is 5.60 Å². The van der Waals surface area contributed by atoms with E-state index in [-0.39, 0.29) is 5.97 Å². The van der Waals surface area contributed by atoms with Gasteiger partial charge in [0.25, 0.3) is 0 Å². The molecule has 146 valence electrons. The lowest BCUT2D eigenvalue weighted by Crippen LogP contribution is -2.22. The Morgan fingerprint density at radius 1 is 0.931 bits per heavy atom. The molecule has 0 aliphatic carbocycles. The maximum atomic E-state index is 12.2. The number of rotatable bonds is 4. The summed E-state index contributed by atoms with van der Waals surface area (Å²) in [7, 11) is 0. The van der Waals surface area contributed by atoms with Gasteiger partial charge in [-0.05, 0) is 43.9 Å². The molecule has 0 saturated heterocycles. The van der Waals surface area contributed by atoms with E-state index in [0.717, 1.165) is 17.6 Å². The maximum Gasteiger partial charge on any atom is 0.331 e. The van der Waals surface area contributed by atoms with Crippen molar-refractivity contribution in [1.29, 1.82) is 0 Å². The minimum atomic E-state index is -0.506. The second-order valence-corrected chi connectivity index (χ2v) is 8.23. The summed E-state index contributed by atoms with van der Waals surface area (Å²) in [5.41, 5.74) is 2.86. The topological polar surface area (TPSA) is 31.2 Å². The molecule has 0 saturated carbocycles. The van der Waals surface area contributed by atoms with E-state index in [9.17, 15) is 4.79 Å². The number of carbonyl (C=O) groups excluding carboxylic acids is 1. The van der Waals surface area contributed by atoms with Crippen LogP contribution in [0.15, 0.2) is 78.9 Å². The standard InChI is InChI=1S/C26H25NO2/c1-26(2,3)29-24(28)16-15-22-17-21-14-13-20-11-7-8-12-23(20)25(21)27(22)18-19-9-5-4-6-10-19/h4-17H,18H2,1-3H3. The van der Waals surface area contributed by atoms with Crippen LogP contribution in [0.1, 0.15) is 32.0 Å². The summed E-state index contributed by atoms with van der Waals surface area (Å²) in [6.45, 7) is 6.35. The van der Waals surface area contributed by atoms with Crippen molar-refractivity contribution in [2.45, 2.75) is 32.9 Å². The summed E-state index contributed by atoms with van der Waals surface area (Å²) in [4.78, 5) is 12.2. The molecule has 3 nitrogen and oxygen atoms in total. The zero-order chi connectivity index (χ0) is 20.4. The third-order valence-corrected chi connectivity index (χ3v) is 4.80. The monoisotopic (exact) mass is 383 g/mol. The predicted molar refractivity (Wildman–Crippen MR) is 120 cm³/mol. The predicted octanol–water partition coefficient (Wildman–Crippen LogP) is 6.20. The fraction of sp³-hybridized carbons (Fsp3) is 0.192. The third-order valence-electron chi connectivity index (χ3n) is 4.80. The largest absolute Gasteiger partial charge is 0.457 e. The molecule has 0 bridgehead atoms. The van der Waals surface area contributed by atoms with Gasteiger partial charge < -0.3 is 9.30 Å². The van der Waals surface area contributed by atoms with Crippen molar-refractivity contribution in [3.8, 4) is 0 Å². The molecule has 4 aromatic rings. The number of benzene rings is 3. The number of fused-ring (bicyclic) bond motifs is 3. The molecule has 0 aliphatic rings. The Morgan fingerprint density at radius 3 is 2.38 bits per heavy atom. The van der Waals surface area contributed by atoms with Gasteiger partial charge in [-0.3, -0.25) is 0 Å². The van der Waals surface area contributed by atoms with Gasteiger partial charge in [0.15, 0.2) is 0 Å². The minimum absolute atomic E-state index is 0.334. The molecule has 4 rings (SSSR count). The first kappa shape index (κ1) is 19.0. The summed E-state index contributed by atoms with van der Waals surface area (Å²) >= 11 is 0. The summed E-state index contributed by atoms with van der Waals surface area (Å²) in [5, 5.41) is 3.57. The fourth-order valence-electron chi connectivity index (χ4n) is 3.62. The molecule has 0 spiro atoms. The van der Waals surface area contributed by atoms with Gasteiger partial charge in [-0.25, -0.2) is 4.79 Å². The SMILES string of the molecule is CC(C)(C)OC(=O)C=Cc1cc2ccc3ccccc3c2n1Cc1ccccc1. The van der Waals surface area contributed by atoms with Crippen molar-refractivity contribution in [2.24, 2.45) is 0 Å². The van der Waals surface area contributed by atoms with Crippen LogP contribution in [0.5, 0.6) is 0 Å². The van der Waals surface area contributed by atoms with Crippen molar-refractivity contribution >= 4 is 33.7 Å². The Morgan fingerprint density at radius 2 is 1.62 bits per heavy atom. The highest BCUT2D eigenvalue weighted by Gasteiger charge is 2.15. The highest BCUT2D eigenvalue weighted by Crippen LogP contribution is 2.30. The molecule has 0 radical (unpaired) electrons. The lowest BCUT2D eigenvalue weighted by molar-refractivity contribution is -0.148. The Labute approximate surface area is 171 Å². The highest BCUT2D eigenvalue weighted by atomic mass is 16.6. The van der Waals surface area contributed by atoms with Crippen LogP contribution in [0.25, 0.3) is 27.8 Å². The Hall–Kier alpha value is -3.33. The Bertz CT molecular complexity index is 1190. The van der Waals surface area contributed by atoms with Gasteiger partial charge >= 0.3 is 5.97 Å².